The van der Waals surface area contributed by atoms with Gasteiger partial charge in [0.25, 0.3) is 0 Å². The molecule has 0 bridgehead atoms. The number of unbranched alkanes of at least 4 members (excludes halogenated alkanes) is 2. The van der Waals surface area contributed by atoms with Gasteiger partial charge in [0.05, 0.1) is 6.54 Å². The highest BCUT2D eigenvalue weighted by atomic mass is 16.2. The third-order valence-electron chi connectivity index (χ3n) is 2.19. The lowest BCUT2D eigenvalue weighted by molar-refractivity contribution is -0.128. The van der Waals surface area contributed by atoms with Crippen LogP contribution >= 0.6 is 0 Å². The van der Waals surface area contributed by atoms with Crippen LogP contribution in [0.5, 0.6) is 0 Å². The minimum atomic E-state index is 0.134. The Hall–Kier alpha value is -0.610. The van der Waals surface area contributed by atoms with E-state index < -0.39 is 0 Å². The second kappa shape index (κ2) is 8.97. The standard InChI is InChI=1S/C10H22N2O2/c1-3-12(2)10(14)9-11-7-5-4-6-8-13/h11,13H,3-9H2,1-2H3. The molecular formula is C10H22N2O2. The van der Waals surface area contributed by atoms with Crippen molar-refractivity contribution in [3.05, 3.63) is 0 Å². The van der Waals surface area contributed by atoms with Crippen LogP contribution in [0, 0.1) is 0 Å². The summed E-state index contributed by atoms with van der Waals surface area (Å²) in [6, 6.07) is 0. The van der Waals surface area contributed by atoms with E-state index in [0.29, 0.717) is 6.54 Å². The number of rotatable bonds is 8. The third kappa shape index (κ3) is 6.86. The highest BCUT2D eigenvalue weighted by Crippen LogP contribution is 1.91. The molecule has 0 spiro atoms. The summed E-state index contributed by atoms with van der Waals surface area (Å²) >= 11 is 0. The van der Waals surface area contributed by atoms with Gasteiger partial charge in [-0.25, -0.2) is 0 Å². The Labute approximate surface area is 86.3 Å². The van der Waals surface area contributed by atoms with Gasteiger partial charge in [0, 0.05) is 20.2 Å². The van der Waals surface area contributed by atoms with E-state index in [2.05, 4.69) is 5.32 Å². The molecule has 0 aromatic carbocycles. The van der Waals surface area contributed by atoms with Gasteiger partial charge in [-0.3, -0.25) is 4.79 Å². The summed E-state index contributed by atoms with van der Waals surface area (Å²) < 4.78 is 0. The fraction of sp³-hybridized carbons (Fsp3) is 0.900. The number of aliphatic hydroxyl groups excluding tert-OH is 1. The average molecular weight is 202 g/mol. The van der Waals surface area contributed by atoms with Gasteiger partial charge in [-0.2, -0.15) is 0 Å². The molecule has 0 fully saturated rings. The number of hydrogen-bond donors (Lipinski definition) is 2. The van der Waals surface area contributed by atoms with Crippen LogP contribution in [0.3, 0.4) is 0 Å². The number of aliphatic hydroxyl groups is 1. The van der Waals surface area contributed by atoms with Crippen molar-refractivity contribution in [2.24, 2.45) is 0 Å². The molecule has 4 nitrogen and oxygen atoms in total. The fourth-order valence-electron chi connectivity index (χ4n) is 1.05. The van der Waals surface area contributed by atoms with Crippen molar-refractivity contribution >= 4 is 5.91 Å². The third-order valence-corrected chi connectivity index (χ3v) is 2.19. The molecule has 0 radical (unpaired) electrons. The van der Waals surface area contributed by atoms with Gasteiger partial charge < -0.3 is 15.3 Å². The quantitative estimate of drug-likeness (QED) is 0.553. The Morgan fingerprint density at radius 1 is 1.36 bits per heavy atom. The maximum Gasteiger partial charge on any atom is 0.236 e. The molecule has 0 saturated heterocycles. The minimum Gasteiger partial charge on any atom is -0.396 e. The molecule has 0 atom stereocenters. The predicted molar refractivity (Wildman–Crippen MR) is 57.1 cm³/mol. The normalized spacial score (nSPS) is 10.2. The number of amides is 1. The largest absolute Gasteiger partial charge is 0.396 e. The zero-order valence-electron chi connectivity index (χ0n) is 9.25. The van der Waals surface area contributed by atoms with E-state index >= 15 is 0 Å². The lowest BCUT2D eigenvalue weighted by atomic mass is 10.2. The number of carbonyl (C=O) groups is 1. The van der Waals surface area contributed by atoms with Gasteiger partial charge >= 0.3 is 0 Å². The Bertz CT molecular complexity index is 151. The van der Waals surface area contributed by atoms with Crippen LogP contribution in [0.2, 0.25) is 0 Å². The highest BCUT2D eigenvalue weighted by molar-refractivity contribution is 5.77. The van der Waals surface area contributed by atoms with Gasteiger partial charge in [-0.05, 0) is 32.7 Å². The van der Waals surface area contributed by atoms with Crippen molar-refractivity contribution in [2.45, 2.75) is 26.2 Å². The van der Waals surface area contributed by atoms with Crippen LogP contribution in [0.25, 0.3) is 0 Å². The van der Waals surface area contributed by atoms with Gasteiger partial charge in [-0.15, -0.1) is 0 Å². The lowest BCUT2D eigenvalue weighted by Crippen LogP contribution is -2.35. The molecule has 14 heavy (non-hydrogen) atoms. The summed E-state index contributed by atoms with van der Waals surface area (Å²) in [4.78, 5) is 13.0. The first-order chi connectivity index (χ1) is 6.72. The molecule has 0 unspecified atom stereocenters. The number of carbonyl (C=O) groups excluding carboxylic acids is 1. The van der Waals surface area contributed by atoms with Gasteiger partial charge in [0.1, 0.15) is 0 Å². The van der Waals surface area contributed by atoms with E-state index in [0.717, 1.165) is 32.4 Å². The average Bonchev–Trinajstić information content (AvgIpc) is 2.21. The zero-order chi connectivity index (χ0) is 10.8. The van der Waals surface area contributed by atoms with Crippen molar-refractivity contribution in [2.75, 3.05) is 33.3 Å². The molecule has 0 aliphatic heterocycles. The smallest absolute Gasteiger partial charge is 0.236 e. The van der Waals surface area contributed by atoms with Gasteiger partial charge in [-0.1, -0.05) is 0 Å². The summed E-state index contributed by atoms with van der Waals surface area (Å²) in [5.74, 6) is 0.134. The van der Waals surface area contributed by atoms with Crippen LogP contribution in [0.1, 0.15) is 26.2 Å². The van der Waals surface area contributed by atoms with E-state index in [1.54, 1.807) is 11.9 Å². The van der Waals surface area contributed by atoms with Crippen molar-refractivity contribution in [3.8, 4) is 0 Å². The number of hydrogen-bond acceptors (Lipinski definition) is 3. The predicted octanol–water partition coefficient (Wildman–Crippen LogP) is 0.217. The molecule has 0 aromatic rings. The number of likely N-dealkylation sites (N-methyl/N-ethyl adjacent to an activating group) is 1. The topological polar surface area (TPSA) is 52.6 Å². The molecule has 0 heterocycles. The SMILES string of the molecule is CCN(C)C(=O)CNCCCCCO. The van der Waals surface area contributed by atoms with E-state index in [1.165, 1.54) is 0 Å². The minimum absolute atomic E-state index is 0.134. The summed E-state index contributed by atoms with van der Waals surface area (Å²) in [6.45, 7) is 4.24. The molecule has 0 aliphatic carbocycles. The molecule has 84 valence electrons. The summed E-state index contributed by atoms with van der Waals surface area (Å²) in [7, 11) is 1.80. The van der Waals surface area contributed by atoms with Crippen molar-refractivity contribution in [1.29, 1.82) is 0 Å². The lowest BCUT2D eigenvalue weighted by Gasteiger charge is -2.14. The maximum atomic E-state index is 11.3. The van der Waals surface area contributed by atoms with E-state index in [4.69, 9.17) is 5.11 Å². The molecule has 0 aliphatic rings. The Kier molecular flexibility index (Phi) is 8.57. The second-order valence-corrected chi connectivity index (χ2v) is 3.37. The molecule has 0 aromatic heterocycles. The fourth-order valence-corrected chi connectivity index (χ4v) is 1.05. The van der Waals surface area contributed by atoms with Crippen molar-refractivity contribution in [3.63, 3.8) is 0 Å². The second-order valence-electron chi connectivity index (χ2n) is 3.37. The Morgan fingerprint density at radius 2 is 2.07 bits per heavy atom. The summed E-state index contributed by atoms with van der Waals surface area (Å²) in [6.07, 6.45) is 2.88. The molecule has 4 heteroatoms. The van der Waals surface area contributed by atoms with Gasteiger partial charge in [0.2, 0.25) is 5.91 Å². The van der Waals surface area contributed by atoms with E-state index in [-0.39, 0.29) is 12.5 Å². The molecule has 2 N–H and O–H groups in total. The first-order valence-corrected chi connectivity index (χ1v) is 5.28. The molecule has 1 amide bonds. The van der Waals surface area contributed by atoms with E-state index in [9.17, 15) is 4.79 Å². The number of nitrogens with zero attached hydrogens (tertiary/aromatic N) is 1. The monoisotopic (exact) mass is 202 g/mol. The molecule has 0 rings (SSSR count). The first kappa shape index (κ1) is 13.4. The van der Waals surface area contributed by atoms with Crippen LogP contribution in [0.4, 0.5) is 0 Å². The van der Waals surface area contributed by atoms with Crippen molar-refractivity contribution in [1.82, 2.24) is 10.2 Å². The zero-order valence-corrected chi connectivity index (χ0v) is 9.25. The van der Waals surface area contributed by atoms with Crippen LogP contribution in [-0.4, -0.2) is 49.2 Å². The maximum absolute atomic E-state index is 11.3. The summed E-state index contributed by atoms with van der Waals surface area (Å²) in [5.41, 5.74) is 0. The highest BCUT2D eigenvalue weighted by Gasteiger charge is 2.04. The Morgan fingerprint density at radius 3 is 2.64 bits per heavy atom. The van der Waals surface area contributed by atoms with Crippen LogP contribution < -0.4 is 5.32 Å². The molecular weight excluding hydrogens is 180 g/mol. The number of nitrogens with one attached hydrogen (secondary N) is 1. The van der Waals surface area contributed by atoms with Crippen LogP contribution in [-0.2, 0) is 4.79 Å². The van der Waals surface area contributed by atoms with Crippen LogP contribution in [0.15, 0.2) is 0 Å². The van der Waals surface area contributed by atoms with Gasteiger partial charge in [0.15, 0.2) is 0 Å². The Balaban J connectivity index is 3.23. The first-order valence-electron chi connectivity index (χ1n) is 5.28. The van der Waals surface area contributed by atoms with Crippen molar-refractivity contribution < 1.29 is 9.90 Å². The summed E-state index contributed by atoms with van der Waals surface area (Å²) in [5, 5.41) is 11.6. The van der Waals surface area contributed by atoms with E-state index in [1.807, 2.05) is 6.92 Å². The molecule has 0 saturated carbocycles.